The van der Waals surface area contributed by atoms with Crippen molar-refractivity contribution in [1.82, 2.24) is 24.6 Å². The predicted molar refractivity (Wildman–Crippen MR) is 146 cm³/mol. The molecule has 1 aromatic heterocycles. The highest BCUT2D eigenvalue weighted by molar-refractivity contribution is 9.10. The Morgan fingerprint density at radius 1 is 1.11 bits per heavy atom. The average molecular weight is 580 g/mol. The van der Waals surface area contributed by atoms with Crippen molar-refractivity contribution in [1.29, 1.82) is 0 Å². The van der Waals surface area contributed by atoms with E-state index >= 15 is 0 Å². The summed E-state index contributed by atoms with van der Waals surface area (Å²) in [6, 6.07) is 12.0. The summed E-state index contributed by atoms with van der Waals surface area (Å²) in [7, 11) is 0. The summed E-state index contributed by atoms with van der Waals surface area (Å²) in [5, 5.41) is 11.3. The normalized spacial score (nSPS) is 23.8. The third-order valence-electron chi connectivity index (χ3n) is 8.27. The fourth-order valence-corrected chi connectivity index (χ4v) is 6.61. The van der Waals surface area contributed by atoms with Crippen LogP contribution in [0.25, 0.3) is 10.9 Å². The number of phenolic OH excluding ortho intramolecular Hbond substituents is 1. The Kier molecular flexibility index (Phi) is 5.99. The van der Waals surface area contributed by atoms with Crippen LogP contribution in [0.5, 0.6) is 5.75 Å². The molecule has 9 nitrogen and oxygen atoms in total. The number of nitrogens with zero attached hydrogens (tertiary/aromatic N) is 4. The van der Waals surface area contributed by atoms with Crippen LogP contribution in [-0.2, 0) is 16.0 Å². The molecule has 3 aromatic rings. The number of aromatic nitrogens is 1. The van der Waals surface area contributed by atoms with Gasteiger partial charge in [0.25, 0.3) is 5.91 Å². The lowest BCUT2D eigenvalue weighted by Gasteiger charge is -2.42. The lowest BCUT2D eigenvalue weighted by molar-refractivity contribution is -0.133. The number of hydrogen-bond acceptors (Lipinski definition) is 5. The van der Waals surface area contributed by atoms with Gasteiger partial charge in [0.15, 0.2) is 0 Å². The van der Waals surface area contributed by atoms with Crippen molar-refractivity contribution in [3.8, 4) is 5.75 Å². The zero-order chi connectivity index (χ0) is 26.8. The molecule has 3 aliphatic heterocycles. The third-order valence-corrected chi connectivity index (χ3v) is 8.77. The first kappa shape index (κ1) is 24.9. The fraction of sp³-hybridized carbons (Fsp3) is 0.393. The second kappa shape index (κ2) is 9.13. The van der Waals surface area contributed by atoms with E-state index in [1.54, 1.807) is 30.0 Å². The quantitative estimate of drug-likeness (QED) is 0.461. The maximum absolute atomic E-state index is 14.0. The summed E-state index contributed by atoms with van der Waals surface area (Å²) >= 11 is 3.57. The first-order valence-electron chi connectivity index (χ1n) is 12.9. The van der Waals surface area contributed by atoms with E-state index in [2.05, 4.69) is 25.8 Å². The van der Waals surface area contributed by atoms with E-state index < -0.39 is 11.6 Å². The van der Waals surface area contributed by atoms with Crippen molar-refractivity contribution in [2.45, 2.75) is 31.8 Å². The summed E-state index contributed by atoms with van der Waals surface area (Å²) < 4.78 is 0.939. The van der Waals surface area contributed by atoms with Crippen LogP contribution >= 0.6 is 15.9 Å². The SMILES string of the molecule is CC(=O)N1CCN(CCN2C(=O)N3C(c4cccc(O)c4)c4[nH]c5ccc(Br)cc5c4CC3(C)C2=O)CC1. The number of aromatic amines is 1. The number of rotatable bonds is 4. The van der Waals surface area contributed by atoms with Gasteiger partial charge in [-0.3, -0.25) is 24.3 Å². The van der Waals surface area contributed by atoms with Gasteiger partial charge in [-0.1, -0.05) is 28.1 Å². The Bertz CT molecular complexity index is 1460. The molecule has 2 atom stereocenters. The highest BCUT2D eigenvalue weighted by Gasteiger charge is 2.60. The minimum Gasteiger partial charge on any atom is -0.508 e. The second-order valence-electron chi connectivity index (χ2n) is 10.6. The van der Waals surface area contributed by atoms with Gasteiger partial charge in [0.1, 0.15) is 17.3 Å². The highest BCUT2D eigenvalue weighted by Crippen LogP contribution is 2.49. The van der Waals surface area contributed by atoms with E-state index in [0.717, 1.165) is 32.2 Å². The highest BCUT2D eigenvalue weighted by atomic mass is 79.9. The Hall–Kier alpha value is -3.37. The van der Waals surface area contributed by atoms with Crippen LogP contribution in [0, 0.1) is 0 Å². The van der Waals surface area contributed by atoms with E-state index in [1.807, 2.05) is 36.1 Å². The summed E-state index contributed by atoms with van der Waals surface area (Å²) in [5.74, 6) is -0.0279. The lowest BCUT2D eigenvalue weighted by atomic mass is 9.81. The molecule has 2 unspecified atom stereocenters. The van der Waals surface area contributed by atoms with E-state index in [1.165, 1.54) is 4.90 Å². The molecule has 0 bridgehead atoms. The van der Waals surface area contributed by atoms with Gasteiger partial charge in [-0.15, -0.1) is 0 Å². The number of amides is 4. The zero-order valence-electron chi connectivity index (χ0n) is 21.4. The van der Waals surface area contributed by atoms with Gasteiger partial charge >= 0.3 is 6.03 Å². The van der Waals surface area contributed by atoms with E-state index in [-0.39, 0.29) is 30.1 Å². The van der Waals surface area contributed by atoms with Crippen molar-refractivity contribution in [3.05, 3.63) is 63.8 Å². The number of urea groups is 1. The Labute approximate surface area is 229 Å². The maximum atomic E-state index is 14.0. The topological polar surface area (TPSA) is 100 Å². The molecule has 0 aliphatic carbocycles. The van der Waals surface area contributed by atoms with Crippen LogP contribution in [0.3, 0.4) is 0 Å². The number of H-pyrrole nitrogens is 1. The zero-order valence-corrected chi connectivity index (χ0v) is 23.0. The molecule has 2 aromatic carbocycles. The largest absolute Gasteiger partial charge is 0.508 e. The first-order valence-corrected chi connectivity index (χ1v) is 13.7. The molecule has 0 spiro atoms. The van der Waals surface area contributed by atoms with Gasteiger partial charge in [-0.2, -0.15) is 0 Å². The summed E-state index contributed by atoms with van der Waals surface area (Å²) in [5.41, 5.74) is 2.49. The number of carbonyl (C=O) groups excluding carboxylic acids is 3. The average Bonchev–Trinajstić information content (AvgIpc) is 3.33. The lowest BCUT2D eigenvalue weighted by Crippen LogP contribution is -2.53. The van der Waals surface area contributed by atoms with Crippen LogP contribution < -0.4 is 0 Å². The van der Waals surface area contributed by atoms with Crippen molar-refractivity contribution >= 4 is 44.7 Å². The molecule has 0 saturated carbocycles. The van der Waals surface area contributed by atoms with E-state index in [9.17, 15) is 19.5 Å². The minimum atomic E-state index is -1.06. The number of halogens is 1. The van der Waals surface area contributed by atoms with Gasteiger partial charge in [-0.05, 0) is 48.4 Å². The van der Waals surface area contributed by atoms with Crippen LogP contribution in [0.4, 0.5) is 4.79 Å². The molecule has 2 N–H and O–H groups in total. The Balaban J connectivity index is 1.35. The molecule has 198 valence electrons. The van der Waals surface area contributed by atoms with Crippen molar-refractivity contribution < 1.29 is 19.5 Å². The van der Waals surface area contributed by atoms with Crippen molar-refractivity contribution in [2.75, 3.05) is 39.3 Å². The van der Waals surface area contributed by atoms with Crippen molar-refractivity contribution in [2.24, 2.45) is 0 Å². The molecule has 2 fully saturated rings. The molecule has 6 rings (SSSR count). The second-order valence-corrected chi connectivity index (χ2v) is 11.5. The van der Waals surface area contributed by atoms with Crippen molar-refractivity contribution in [3.63, 3.8) is 0 Å². The summed E-state index contributed by atoms with van der Waals surface area (Å²) in [6.45, 7) is 7.02. The molecule has 4 amide bonds. The number of phenols is 1. The fourth-order valence-electron chi connectivity index (χ4n) is 6.25. The monoisotopic (exact) mass is 579 g/mol. The molecular weight excluding hydrogens is 550 g/mol. The first-order chi connectivity index (χ1) is 18.2. The van der Waals surface area contributed by atoms with Crippen LogP contribution in [0.15, 0.2) is 46.9 Å². The van der Waals surface area contributed by atoms with E-state index in [0.29, 0.717) is 39.1 Å². The smallest absolute Gasteiger partial charge is 0.328 e. The minimum absolute atomic E-state index is 0.0695. The Morgan fingerprint density at radius 3 is 2.58 bits per heavy atom. The predicted octanol–water partition coefficient (Wildman–Crippen LogP) is 3.47. The van der Waals surface area contributed by atoms with Crippen LogP contribution in [-0.4, -0.2) is 92.3 Å². The van der Waals surface area contributed by atoms with Gasteiger partial charge < -0.3 is 15.0 Å². The van der Waals surface area contributed by atoms with Gasteiger partial charge in [0.05, 0.1) is 0 Å². The molecular formula is C28H30BrN5O4. The third kappa shape index (κ3) is 3.89. The van der Waals surface area contributed by atoms with Gasteiger partial charge in [-0.25, -0.2) is 4.79 Å². The number of piperazine rings is 1. The number of carbonyl (C=O) groups is 3. The maximum Gasteiger partial charge on any atom is 0.328 e. The number of benzene rings is 2. The number of nitrogens with one attached hydrogen (secondary N) is 1. The molecule has 10 heteroatoms. The van der Waals surface area contributed by atoms with Crippen LogP contribution in [0.2, 0.25) is 0 Å². The number of fused-ring (bicyclic) bond motifs is 4. The molecule has 0 radical (unpaired) electrons. The molecule has 38 heavy (non-hydrogen) atoms. The summed E-state index contributed by atoms with van der Waals surface area (Å²) in [6.07, 6.45) is 0.395. The number of hydrogen-bond donors (Lipinski definition) is 2. The van der Waals surface area contributed by atoms with Crippen LogP contribution in [0.1, 0.15) is 36.7 Å². The standard InChI is InChI=1S/C28H30BrN5O4/c1-17(35)32-11-8-31(9-12-32)10-13-33-26(37)28(2)16-22-21-15-19(29)6-7-23(21)30-24(22)25(34(28)27(33)38)18-4-3-5-20(36)14-18/h3-7,14-15,25,30,36H,8-13,16H2,1-2H3. The van der Waals surface area contributed by atoms with Gasteiger partial charge in [0, 0.05) is 73.7 Å². The molecule has 2 saturated heterocycles. The van der Waals surface area contributed by atoms with Gasteiger partial charge in [0.2, 0.25) is 5.91 Å². The Morgan fingerprint density at radius 2 is 1.87 bits per heavy atom. The molecule has 3 aliphatic rings. The number of aromatic hydroxyl groups is 1. The van der Waals surface area contributed by atoms with E-state index in [4.69, 9.17) is 0 Å². The summed E-state index contributed by atoms with van der Waals surface area (Å²) in [4.78, 5) is 50.3. The molecule has 4 heterocycles. The number of imide groups is 1.